The first-order valence-electron chi connectivity index (χ1n) is 4.14. The van der Waals surface area contributed by atoms with Crippen LogP contribution in [-0.2, 0) is 7.05 Å². The van der Waals surface area contributed by atoms with Gasteiger partial charge in [0.2, 0.25) is 0 Å². The standard InChI is InChI=1S/C8H10N6/c1-14-7(4-12-13-14)8(9)6-2-10-5-11-3-6/h2-5,8H,9H2,1H3. The number of aryl methyl sites for hydroxylation is 1. The van der Waals surface area contributed by atoms with E-state index in [-0.39, 0.29) is 6.04 Å². The van der Waals surface area contributed by atoms with Gasteiger partial charge < -0.3 is 5.73 Å². The van der Waals surface area contributed by atoms with E-state index in [2.05, 4.69) is 20.3 Å². The third kappa shape index (κ3) is 1.47. The molecule has 2 heterocycles. The first-order chi connectivity index (χ1) is 6.79. The van der Waals surface area contributed by atoms with Gasteiger partial charge in [0.1, 0.15) is 6.33 Å². The minimum absolute atomic E-state index is 0.281. The van der Waals surface area contributed by atoms with Gasteiger partial charge in [-0.25, -0.2) is 9.97 Å². The molecule has 1 atom stereocenters. The van der Waals surface area contributed by atoms with Crippen molar-refractivity contribution < 1.29 is 0 Å². The molecule has 0 bridgehead atoms. The summed E-state index contributed by atoms with van der Waals surface area (Å²) >= 11 is 0. The average Bonchev–Trinajstić information content (AvgIpc) is 2.65. The molecular formula is C8H10N6. The van der Waals surface area contributed by atoms with Crippen molar-refractivity contribution in [2.75, 3.05) is 0 Å². The summed E-state index contributed by atoms with van der Waals surface area (Å²) in [5.41, 5.74) is 7.66. The fraction of sp³-hybridized carbons (Fsp3) is 0.250. The molecule has 14 heavy (non-hydrogen) atoms. The number of hydrogen-bond acceptors (Lipinski definition) is 5. The van der Waals surface area contributed by atoms with Gasteiger partial charge in [-0.2, -0.15) is 0 Å². The van der Waals surface area contributed by atoms with E-state index in [1.165, 1.54) is 6.33 Å². The van der Waals surface area contributed by atoms with Gasteiger partial charge in [-0.1, -0.05) is 5.21 Å². The van der Waals surface area contributed by atoms with Crippen molar-refractivity contribution in [3.63, 3.8) is 0 Å². The summed E-state index contributed by atoms with van der Waals surface area (Å²) in [6, 6.07) is -0.281. The Morgan fingerprint density at radius 2 is 2.00 bits per heavy atom. The molecule has 2 aromatic heterocycles. The number of nitrogens with two attached hydrogens (primary N) is 1. The summed E-state index contributed by atoms with van der Waals surface area (Å²) in [6.45, 7) is 0. The van der Waals surface area contributed by atoms with Gasteiger partial charge in [0.15, 0.2) is 0 Å². The van der Waals surface area contributed by atoms with Crippen molar-refractivity contribution >= 4 is 0 Å². The molecule has 72 valence electrons. The van der Waals surface area contributed by atoms with Crippen molar-refractivity contribution in [3.8, 4) is 0 Å². The number of hydrogen-bond donors (Lipinski definition) is 1. The monoisotopic (exact) mass is 190 g/mol. The fourth-order valence-corrected chi connectivity index (χ4v) is 1.22. The Balaban J connectivity index is 2.34. The van der Waals surface area contributed by atoms with Crippen LogP contribution in [-0.4, -0.2) is 25.0 Å². The molecule has 0 aliphatic heterocycles. The van der Waals surface area contributed by atoms with Gasteiger partial charge >= 0.3 is 0 Å². The Labute approximate surface area is 80.8 Å². The number of rotatable bonds is 2. The quantitative estimate of drug-likeness (QED) is 0.700. The predicted molar refractivity (Wildman–Crippen MR) is 49.1 cm³/mol. The topological polar surface area (TPSA) is 82.5 Å². The maximum atomic E-state index is 5.98. The molecule has 0 aliphatic carbocycles. The highest BCUT2D eigenvalue weighted by atomic mass is 15.4. The summed E-state index contributed by atoms with van der Waals surface area (Å²) in [5.74, 6) is 0. The van der Waals surface area contributed by atoms with Crippen LogP contribution in [0.1, 0.15) is 17.3 Å². The largest absolute Gasteiger partial charge is 0.319 e. The second-order valence-corrected chi connectivity index (χ2v) is 2.93. The maximum Gasteiger partial charge on any atom is 0.115 e. The predicted octanol–water partition coefficient (Wildman–Crippen LogP) is -0.347. The lowest BCUT2D eigenvalue weighted by molar-refractivity contribution is 0.649. The normalized spacial score (nSPS) is 12.7. The van der Waals surface area contributed by atoms with E-state index in [1.807, 2.05) is 0 Å². The second-order valence-electron chi connectivity index (χ2n) is 2.93. The fourth-order valence-electron chi connectivity index (χ4n) is 1.22. The summed E-state index contributed by atoms with van der Waals surface area (Å²) in [6.07, 6.45) is 6.48. The van der Waals surface area contributed by atoms with Crippen molar-refractivity contribution in [2.24, 2.45) is 12.8 Å². The van der Waals surface area contributed by atoms with Crippen LogP contribution in [0.15, 0.2) is 24.9 Å². The second kappa shape index (κ2) is 3.51. The molecule has 0 aliphatic rings. The molecule has 0 fully saturated rings. The third-order valence-electron chi connectivity index (χ3n) is 2.01. The van der Waals surface area contributed by atoms with E-state index >= 15 is 0 Å². The minimum atomic E-state index is -0.281. The van der Waals surface area contributed by atoms with Crippen LogP contribution in [0.5, 0.6) is 0 Å². The van der Waals surface area contributed by atoms with E-state index in [0.29, 0.717) is 0 Å². The molecular weight excluding hydrogens is 180 g/mol. The highest BCUT2D eigenvalue weighted by Crippen LogP contribution is 2.15. The zero-order valence-electron chi connectivity index (χ0n) is 7.70. The molecule has 0 amide bonds. The Morgan fingerprint density at radius 3 is 2.57 bits per heavy atom. The average molecular weight is 190 g/mol. The number of nitrogens with zero attached hydrogens (tertiary/aromatic N) is 5. The first-order valence-corrected chi connectivity index (χ1v) is 4.14. The van der Waals surface area contributed by atoms with Crippen molar-refractivity contribution in [1.29, 1.82) is 0 Å². The summed E-state index contributed by atoms with van der Waals surface area (Å²) in [7, 11) is 1.80. The third-order valence-corrected chi connectivity index (χ3v) is 2.01. The van der Waals surface area contributed by atoms with E-state index in [1.54, 1.807) is 30.3 Å². The number of aromatic nitrogens is 5. The lowest BCUT2D eigenvalue weighted by Crippen LogP contribution is -2.16. The molecule has 2 aromatic rings. The molecule has 0 saturated carbocycles. The summed E-state index contributed by atoms with van der Waals surface area (Å²) < 4.78 is 1.64. The van der Waals surface area contributed by atoms with Crippen LogP contribution in [0.3, 0.4) is 0 Å². The van der Waals surface area contributed by atoms with Crippen LogP contribution in [0.2, 0.25) is 0 Å². The van der Waals surface area contributed by atoms with E-state index < -0.39 is 0 Å². The Bertz CT molecular complexity index is 409. The molecule has 0 spiro atoms. The Kier molecular flexibility index (Phi) is 2.19. The first kappa shape index (κ1) is 8.76. The van der Waals surface area contributed by atoms with E-state index in [0.717, 1.165) is 11.3 Å². The zero-order valence-corrected chi connectivity index (χ0v) is 7.70. The molecule has 1 unspecified atom stereocenters. The van der Waals surface area contributed by atoms with E-state index in [4.69, 9.17) is 5.73 Å². The Morgan fingerprint density at radius 1 is 1.29 bits per heavy atom. The van der Waals surface area contributed by atoms with Crippen LogP contribution in [0, 0.1) is 0 Å². The van der Waals surface area contributed by atoms with Gasteiger partial charge in [-0.3, -0.25) is 4.68 Å². The lowest BCUT2D eigenvalue weighted by atomic mass is 10.1. The Hall–Kier alpha value is -1.82. The van der Waals surface area contributed by atoms with Gasteiger partial charge in [0, 0.05) is 25.0 Å². The van der Waals surface area contributed by atoms with Gasteiger partial charge in [0.25, 0.3) is 0 Å². The summed E-state index contributed by atoms with van der Waals surface area (Å²) in [4.78, 5) is 7.81. The van der Waals surface area contributed by atoms with Crippen LogP contribution < -0.4 is 5.73 Å². The molecule has 0 radical (unpaired) electrons. The van der Waals surface area contributed by atoms with Gasteiger partial charge in [-0.05, 0) is 0 Å². The SMILES string of the molecule is Cn1nncc1C(N)c1cncnc1. The summed E-state index contributed by atoms with van der Waals surface area (Å²) in [5, 5.41) is 7.57. The van der Waals surface area contributed by atoms with E-state index in [9.17, 15) is 0 Å². The molecule has 0 saturated heterocycles. The maximum absolute atomic E-state index is 5.98. The smallest absolute Gasteiger partial charge is 0.115 e. The van der Waals surface area contributed by atoms with Crippen LogP contribution in [0.25, 0.3) is 0 Å². The lowest BCUT2D eigenvalue weighted by Gasteiger charge is -2.09. The highest BCUT2D eigenvalue weighted by molar-refractivity contribution is 5.20. The zero-order chi connectivity index (χ0) is 9.97. The van der Waals surface area contributed by atoms with Crippen molar-refractivity contribution in [2.45, 2.75) is 6.04 Å². The van der Waals surface area contributed by atoms with Gasteiger partial charge in [0.05, 0.1) is 17.9 Å². The van der Waals surface area contributed by atoms with Crippen molar-refractivity contribution in [1.82, 2.24) is 25.0 Å². The minimum Gasteiger partial charge on any atom is -0.319 e. The van der Waals surface area contributed by atoms with Gasteiger partial charge in [-0.15, -0.1) is 5.10 Å². The molecule has 2 rings (SSSR count). The molecule has 0 aromatic carbocycles. The van der Waals surface area contributed by atoms with Crippen molar-refractivity contribution in [3.05, 3.63) is 36.2 Å². The van der Waals surface area contributed by atoms with Crippen LogP contribution >= 0.6 is 0 Å². The van der Waals surface area contributed by atoms with Crippen LogP contribution in [0.4, 0.5) is 0 Å². The molecule has 6 nitrogen and oxygen atoms in total. The molecule has 2 N–H and O–H groups in total. The molecule has 6 heteroatoms. The highest BCUT2D eigenvalue weighted by Gasteiger charge is 2.13.